The number of benzene rings is 1. The number of carbonyl (C=O) groups is 1. The second-order valence-corrected chi connectivity index (χ2v) is 7.82. The van der Waals surface area contributed by atoms with Gasteiger partial charge >= 0.3 is 0 Å². The van der Waals surface area contributed by atoms with Gasteiger partial charge in [0.2, 0.25) is 11.0 Å². The van der Waals surface area contributed by atoms with Crippen LogP contribution in [0.25, 0.3) is 0 Å². The Balaban J connectivity index is 1.71. The van der Waals surface area contributed by atoms with Crippen LogP contribution in [0.1, 0.15) is 39.5 Å². The van der Waals surface area contributed by atoms with Crippen molar-refractivity contribution in [3.05, 3.63) is 30.3 Å². The van der Waals surface area contributed by atoms with Gasteiger partial charge in [-0.15, -0.1) is 10.2 Å². The van der Waals surface area contributed by atoms with Crippen molar-refractivity contribution < 1.29 is 4.79 Å². The Labute approximate surface area is 151 Å². The van der Waals surface area contributed by atoms with Crippen LogP contribution in [0.5, 0.6) is 0 Å². The highest BCUT2D eigenvalue weighted by molar-refractivity contribution is 8.01. The van der Waals surface area contributed by atoms with Crippen LogP contribution in [-0.2, 0) is 4.79 Å². The Morgan fingerprint density at radius 1 is 1.25 bits per heavy atom. The average Bonchev–Trinajstić information content (AvgIpc) is 3.01. The lowest BCUT2D eigenvalue weighted by Crippen LogP contribution is -2.33. The molecule has 0 spiro atoms. The van der Waals surface area contributed by atoms with Crippen LogP contribution in [0.3, 0.4) is 0 Å². The van der Waals surface area contributed by atoms with Gasteiger partial charge in [0.25, 0.3) is 0 Å². The summed E-state index contributed by atoms with van der Waals surface area (Å²) in [5.74, 6) is 0.426. The number of thioether (sulfide) groups is 1. The third kappa shape index (κ3) is 6.88. The minimum atomic E-state index is 0.0526. The monoisotopic (exact) mass is 364 g/mol. The van der Waals surface area contributed by atoms with Crippen molar-refractivity contribution >= 4 is 39.8 Å². The van der Waals surface area contributed by atoms with Crippen LogP contribution in [0.4, 0.5) is 10.8 Å². The highest BCUT2D eigenvalue weighted by atomic mass is 32.2. The Morgan fingerprint density at radius 2 is 2.04 bits per heavy atom. The highest BCUT2D eigenvalue weighted by Gasteiger charge is 2.10. The van der Waals surface area contributed by atoms with Crippen molar-refractivity contribution in [1.29, 1.82) is 0 Å². The number of unbranched alkanes of at least 4 members (excludes halogenated alkanes) is 2. The molecule has 1 amide bonds. The van der Waals surface area contributed by atoms with Gasteiger partial charge in [0.15, 0.2) is 4.34 Å². The van der Waals surface area contributed by atoms with E-state index >= 15 is 0 Å². The summed E-state index contributed by atoms with van der Waals surface area (Å²) in [5, 5.41) is 15.2. The molecule has 5 nitrogen and oxygen atoms in total. The number of carbonyl (C=O) groups excluding carboxylic acids is 1. The van der Waals surface area contributed by atoms with Crippen LogP contribution in [0, 0.1) is 0 Å². The summed E-state index contributed by atoms with van der Waals surface area (Å²) in [6.07, 6.45) is 4.62. The first kappa shape index (κ1) is 18.7. The summed E-state index contributed by atoms with van der Waals surface area (Å²) in [4.78, 5) is 12.0. The molecule has 0 radical (unpaired) electrons. The maximum atomic E-state index is 12.0. The van der Waals surface area contributed by atoms with E-state index in [2.05, 4.69) is 34.7 Å². The molecular formula is C17H24N4OS2. The third-order valence-corrected chi connectivity index (χ3v) is 5.38. The molecule has 2 N–H and O–H groups in total. The van der Waals surface area contributed by atoms with E-state index in [1.54, 1.807) is 0 Å². The maximum Gasteiger partial charge on any atom is 0.230 e. The molecule has 130 valence electrons. The molecule has 0 saturated carbocycles. The molecule has 1 aromatic carbocycles. The number of nitrogens with zero attached hydrogens (tertiary/aromatic N) is 2. The number of aromatic nitrogens is 2. The summed E-state index contributed by atoms with van der Waals surface area (Å²) in [6.45, 7) is 4.24. The molecule has 0 aliphatic heterocycles. The fourth-order valence-corrected chi connectivity index (χ4v) is 3.76. The number of nitrogens with one attached hydrogen (secondary N) is 2. The summed E-state index contributed by atoms with van der Waals surface area (Å²) in [7, 11) is 0. The standard InChI is InChI=1S/C17H24N4OS2/c1-3-4-6-9-13(2)18-15(22)12-23-17-21-20-16(24-17)19-14-10-7-5-8-11-14/h5,7-8,10-11,13H,3-4,6,9,12H2,1-2H3,(H,18,22)(H,19,20)/t13-/m1/s1. The number of hydrogen-bond donors (Lipinski definition) is 2. The second-order valence-electron chi connectivity index (χ2n) is 5.62. The fourth-order valence-electron chi connectivity index (χ4n) is 2.18. The van der Waals surface area contributed by atoms with Gasteiger partial charge in [0.05, 0.1) is 5.75 Å². The number of amides is 1. The Morgan fingerprint density at radius 3 is 2.79 bits per heavy atom. The van der Waals surface area contributed by atoms with Gasteiger partial charge in [-0.1, -0.05) is 67.5 Å². The van der Waals surface area contributed by atoms with Gasteiger partial charge in [0.1, 0.15) is 0 Å². The molecule has 2 rings (SSSR count). The molecular weight excluding hydrogens is 340 g/mol. The molecule has 0 aliphatic rings. The van der Waals surface area contributed by atoms with Gasteiger partial charge in [-0.25, -0.2) is 0 Å². The second kappa shape index (κ2) is 10.3. The number of hydrogen-bond acceptors (Lipinski definition) is 6. The van der Waals surface area contributed by atoms with E-state index in [9.17, 15) is 4.79 Å². The van der Waals surface area contributed by atoms with Crippen molar-refractivity contribution in [3.63, 3.8) is 0 Å². The maximum absolute atomic E-state index is 12.0. The Kier molecular flexibility index (Phi) is 8.04. The molecule has 0 saturated heterocycles. The van der Waals surface area contributed by atoms with E-state index in [1.807, 2.05) is 30.3 Å². The number of para-hydroxylation sites is 1. The van der Waals surface area contributed by atoms with E-state index < -0.39 is 0 Å². The average molecular weight is 365 g/mol. The smallest absolute Gasteiger partial charge is 0.230 e. The zero-order valence-electron chi connectivity index (χ0n) is 14.1. The van der Waals surface area contributed by atoms with Crippen LogP contribution < -0.4 is 10.6 Å². The SMILES string of the molecule is CCCCC[C@@H](C)NC(=O)CSc1nnc(Nc2ccccc2)s1. The topological polar surface area (TPSA) is 66.9 Å². The van der Waals surface area contributed by atoms with Gasteiger partial charge in [-0.3, -0.25) is 4.79 Å². The highest BCUT2D eigenvalue weighted by Crippen LogP contribution is 2.27. The summed E-state index contributed by atoms with van der Waals surface area (Å²) >= 11 is 2.88. The quantitative estimate of drug-likeness (QED) is 0.481. The van der Waals surface area contributed by atoms with Gasteiger partial charge in [-0.05, 0) is 25.5 Å². The van der Waals surface area contributed by atoms with E-state index in [1.165, 1.54) is 35.9 Å². The summed E-state index contributed by atoms with van der Waals surface area (Å²) < 4.78 is 0.794. The normalized spacial score (nSPS) is 11.9. The lowest BCUT2D eigenvalue weighted by atomic mass is 10.1. The predicted molar refractivity (Wildman–Crippen MR) is 102 cm³/mol. The van der Waals surface area contributed by atoms with Crippen molar-refractivity contribution in [3.8, 4) is 0 Å². The zero-order chi connectivity index (χ0) is 17.2. The fraction of sp³-hybridized carbons (Fsp3) is 0.471. The van der Waals surface area contributed by atoms with Crippen molar-refractivity contribution in [2.75, 3.05) is 11.1 Å². The number of rotatable bonds is 10. The number of anilines is 2. The molecule has 0 fully saturated rings. The molecule has 1 aromatic heterocycles. The lowest BCUT2D eigenvalue weighted by Gasteiger charge is -2.12. The first-order valence-electron chi connectivity index (χ1n) is 8.25. The molecule has 2 aromatic rings. The van der Waals surface area contributed by atoms with Gasteiger partial charge in [-0.2, -0.15) is 0 Å². The zero-order valence-corrected chi connectivity index (χ0v) is 15.8. The largest absolute Gasteiger partial charge is 0.353 e. The van der Waals surface area contributed by atoms with Crippen LogP contribution in [-0.4, -0.2) is 27.9 Å². The Bertz CT molecular complexity index is 618. The first-order chi connectivity index (χ1) is 11.7. The van der Waals surface area contributed by atoms with Crippen LogP contribution in [0.2, 0.25) is 0 Å². The molecule has 0 bridgehead atoms. The minimum Gasteiger partial charge on any atom is -0.353 e. The minimum absolute atomic E-state index is 0.0526. The Hall–Kier alpha value is -1.60. The third-order valence-electron chi connectivity index (χ3n) is 3.41. The first-order valence-corrected chi connectivity index (χ1v) is 10.1. The molecule has 1 heterocycles. The van der Waals surface area contributed by atoms with Gasteiger partial charge < -0.3 is 10.6 Å². The molecule has 7 heteroatoms. The van der Waals surface area contributed by atoms with Crippen molar-refractivity contribution in [1.82, 2.24) is 15.5 Å². The molecule has 0 aliphatic carbocycles. The lowest BCUT2D eigenvalue weighted by molar-refractivity contribution is -0.119. The van der Waals surface area contributed by atoms with Crippen LogP contribution >= 0.6 is 23.1 Å². The molecule has 0 unspecified atom stereocenters. The van der Waals surface area contributed by atoms with Gasteiger partial charge in [0, 0.05) is 11.7 Å². The van der Waals surface area contributed by atoms with Crippen molar-refractivity contribution in [2.45, 2.75) is 49.9 Å². The summed E-state index contributed by atoms with van der Waals surface area (Å²) in [5.41, 5.74) is 0.976. The van der Waals surface area contributed by atoms with E-state index in [0.29, 0.717) is 5.75 Å². The van der Waals surface area contributed by atoms with Crippen LogP contribution in [0.15, 0.2) is 34.7 Å². The molecule has 24 heavy (non-hydrogen) atoms. The predicted octanol–water partition coefficient (Wildman–Crippen LogP) is 4.46. The molecule has 1 atom stereocenters. The van der Waals surface area contributed by atoms with E-state index in [-0.39, 0.29) is 11.9 Å². The summed E-state index contributed by atoms with van der Waals surface area (Å²) in [6, 6.07) is 10.1. The van der Waals surface area contributed by atoms with E-state index in [4.69, 9.17) is 0 Å². The van der Waals surface area contributed by atoms with Crippen molar-refractivity contribution in [2.24, 2.45) is 0 Å². The van der Waals surface area contributed by atoms with E-state index in [0.717, 1.165) is 28.0 Å².